The molecule has 0 saturated heterocycles. The van der Waals surface area contributed by atoms with Crippen LogP contribution in [0.4, 0.5) is 0 Å². The molecule has 10 heavy (non-hydrogen) atoms. The minimum atomic E-state index is 0. The zero-order valence-corrected chi connectivity index (χ0v) is 10.0. The standard InChI is InChI=1S/C7H6Cl.HI.Mg/c1-6-4-2-3-5-7(6)8;;/h2,4-5H,1H3;1H;/q-1;;+2/p-1. The third-order valence-corrected chi connectivity index (χ3v) is 1.42. The Kier molecular flexibility index (Phi) is 9.10. The fourth-order valence-corrected chi connectivity index (χ4v) is 0.614. The van der Waals surface area contributed by atoms with E-state index in [0.29, 0.717) is 0 Å². The molecule has 0 aliphatic heterocycles. The van der Waals surface area contributed by atoms with E-state index in [1.165, 1.54) is 0 Å². The van der Waals surface area contributed by atoms with E-state index in [1.54, 1.807) is 6.07 Å². The maximum Gasteiger partial charge on any atom is 2.00 e. The average molecular weight is 277 g/mol. The number of hydrogen-bond donors (Lipinski definition) is 0. The van der Waals surface area contributed by atoms with Gasteiger partial charge in [-0.05, 0) is 0 Å². The molecule has 0 aliphatic carbocycles. The third kappa shape index (κ3) is 4.00. The van der Waals surface area contributed by atoms with Crippen molar-refractivity contribution in [1.29, 1.82) is 0 Å². The Morgan fingerprint density at radius 3 is 2.40 bits per heavy atom. The molecule has 0 fully saturated rings. The molecule has 50 valence electrons. The molecule has 0 nitrogen and oxygen atoms in total. The first-order valence-corrected chi connectivity index (χ1v) is 2.80. The topological polar surface area (TPSA) is 0 Å². The Balaban J connectivity index is 0. The number of hydrogen-bond acceptors (Lipinski definition) is 0. The van der Waals surface area contributed by atoms with Crippen LogP contribution < -0.4 is 24.0 Å². The first kappa shape index (κ1) is 13.6. The van der Waals surface area contributed by atoms with E-state index in [2.05, 4.69) is 6.07 Å². The predicted octanol–water partition coefficient (Wildman–Crippen LogP) is -0.928. The molecule has 0 radical (unpaired) electrons. The Labute approximate surface area is 99.5 Å². The second-order valence-corrected chi connectivity index (χ2v) is 2.08. The molecule has 3 heteroatoms. The summed E-state index contributed by atoms with van der Waals surface area (Å²) in [5.41, 5.74) is 1.10. The van der Waals surface area contributed by atoms with Gasteiger partial charge in [0.15, 0.2) is 0 Å². The molecular formula is C7H6ClIMg. The van der Waals surface area contributed by atoms with Crippen LogP contribution >= 0.6 is 11.6 Å². The molecule has 1 aromatic rings. The summed E-state index contributed by atoms with van der Waals surface area (Å²) in [6.07, 6.45) is 0. The summed E-state index contributed by atoms with van der Waals surface area (Å²) in [6.45, 7) is 1.97. The van der Waals surface area contributed by atoms with E-state index in [0.717, 1.165) is 10.6 Å². The van der Waals surface area contributed by atoms with Crippen molar-refractivity contribution < 1.29 is 24.0 Å². The molecule has 0 amide bonds. The predicted molar refractivity (Wildman–Crippen MR) is 40.8 cm³/mol. The van der Waals surface area contributed by atoms with Gasteiger partial charge in [0, 0.05) is 0 Å². The molecule has 0 spiro atoms. The normalized spacial score (nSPS) is 7.40. The van der Waals surface area contributed by atoms with E-state index < -0.39 is 0 Å². The number of aryl methyl sites for hydroxylation is 1. The van der Waals surface area contributed by atoms with Gasteiger partial charge in [0.25, 0.3) is 0 Å². The third-order valence-electron chi connectivity index (χ3n) is 1.02. The summed E-state index contributed by atoms with van der Waals surface area (Å²) in [5, 5.41) is 0.785. The van der Waals surface area contributed by atoms with Crippen LogP contribution in [-0.2, 0) is 0 Å². The van der Waals surface area contributed by atoms with Crippen molar-refractivity contribution in [3.8, 4) is 0 Å². The summed E-state index contributed by atoms with van der Waals surface area (Å²) in [4.78, 5) is 0. The maximum atomic E-state index is 5.68. The van der Waals surface area contributed by atoms with Crippen molar-refractivity contribution in [3.63, 3.8) is 0 Å². The fraction of sp³-hybridized carbons (Fsp3) is 0.143. The summed E-state index contributed by atoms with van der Waals surface area (Å²) in [5.74, 6) is 0. The van der Waals surface area contributed by atoms with Crippen LogP contribution in [0.15, 0.2) is 18.2 Å². The Bertz CT molecular complexity index is 170. The molecule has 0 saturated carbocycles. The summed E-state index contributed by atoms with van der Waals surface area (Å²) in [6, 6.07) is 8.41. The van der Waals surface area contributed by atoms with Crippen molar-refractivity contribution in [2.75, 3.05) is 0 Å². The van der Waals surface area contributed by atoms with Crippen molar-refractivity contribution in [1.82, 2.24) is 0 Å². The first-order chi connectivity index (χ1) is 3.80. The van der Waals surface area contributed by atoms with E-state index in [-0.39, 0.29) is 47.0 Å². The van der Waals surface area contributed by atoms with Crippen molar-refractivity contribution in [2.45, 2.75) is 6.92 Å². The quantitative estimate of drug-likeness (QED) is 0.326. The second-order valence-electron chi connectivity index (χ2n) is 1.68. The van der Waals surface area contributed by atoms with Crippen LogP contribution in [0.5, 0.6) is 0 Å². The maximum absolute atomic E-state index is 5.68. The molecule has 1 rings (SSSR count). The van der Waals surface area contributed by atoms with Gasteiger partial charge in [-0.1, -0.05) is 11.9 Å². The van der Waals surface area contributed by atoms with Gasteiger partial charge < -0.3 is 24.0 Å². The van der Waals surface area contributed by atoms with Gasteiger partial charge in [-0.2, -0.15) is 35.9 Å². The van der Waals surface area contributed by atoms with Crippen LogP contribution in [0.2, 0.25) is 5.02 Å². The zero-order valence-electron chi connectivity index (χ0n) is 5.70. The van der Waals surface area contributed by atoms with E-state index in [1.807, 2.05) is 19.1 Å². The van der Waals surface area contributed by atoms with Crippen LogP contribution in [0.25, 0.3) is 0 Å². The zero-order chi connectivity index (χ0) is 5.98. The van der Waals surface area contributed by atoms with Gasteiger partial charge in [-0.15, -0.1) is 5.56 Å². The van der Waals surface area contributed by atoms with Crippen LogP contribution in [-0.4, -0.2) is 23.1 Å². The van der Waals surface area contributed by atoms with Gasteiger partial charge in [-0.3, -0.25) is 0 Å². The molecule has 0 N–H and O–H groups in total. The van der Waals surface area contributed by atoms with Gasteiger partial charge in [0.1, 0.15) is 0 Å². The van der Waals surface area contributed by atoms with Crippen LogP contribution in [0, 0.1) is 13.0 Å². The van der Waals surface area contributed by atoms with E-state index in [9.17, 15) is 0 Å². The fourth-order valence-electron chi connectivity index (χ4n) is 0.488. The average Bonchev–Trinajstić information content (AvgIpc) is 1.77. The molecule has 0 atom stereocenters. The molecule has 0 bridgehead atoms. The Morgan fingerprint density at radius 2 is 2.10 bits per heavy atom. The van der Waals surface area contributed by atoms with Crippen molar-refractivity contribution in [3.05, 3.63) is 34.9 Å². The SMILES string of the molecule is Cc1cc[c-]cc1Cl.[I-].[Mg+2]. The minimum absolute atomic E-state index is 0. The molecule has 1 aromatic carbocycles. The smallest absolute Gasteiger partial charge is 1.00 e. The number of halogens is 2. The summed E-state index contributed by atoms with van der Waals surface area (Å²) >= 11 is 5.68. The molecule has 0 aliphatic rings. The van der Waals surface area contributed by atoms with E-state index in [4.69, 9.17) is 11.6 Å². The molecule has 0 unspecified atom stereocenters. The van der Waals surface area contributed by atoms with Gasteiger partial charge in [0.2, 0.25) is 0 Å². The number of rotatable bonds is 0. The van der Waals surface area contributed by atoms with Crippen molar-refractivity contribution >= 4 is 34.7 Å². The molecular weight excluding hydrogens is 271 g/mol. The van der Waals surface area contributed by atoms with Crippen LogP contribution in [0.3, 0.4) is 0 Å². The number of benzene rings is 1. The van der Waals surface area contributed by atoms with Gasteiger partial charge >= 0.3 is 23.1 Å². The minimum Gasteiger partial charge on any atom is -1.00 e. The monoisotopic (exact) mass is 276 g/mol. The van der Waals surface area contributed by atoms with Crippen LogP contribution in [0.1, 0.15) is 5.56 Å². The summed E-state index contributed by atoms with van der Waals surface area (Å²) < 4.78 is 0. The van der Waals surface area contributed by atoms with Gasteiger partial charge in [0.05, 0.1) is 0 Å². The Hall–Kier alpha value is 1.01. The summed E-state index contributed by atoms with van der Waals surface area (Å²) in [7, 11) is 0. The molecule has 0 aromatic heterocycles. The van der Waals surface area contributed by atoms with Crippen molar-refractivity contribution in [2.24, 2.45) is 0 Å². The Morgan fingerprint density at radius 1 is 1.50 bits per heavy atom. The van der Waals surface area contributed by atoms with E-state index >= 15 is 0 Å². The van der Waals surface area contributed by atoms with Gasteiger partial charge in [-0.25, -0.2) is 0 Å². The first-order valence-electron chi connectivity index (χ1n) is 2.43. The second kappa shape index (κ2) is 6.70. The molecule has 0 heterocycles. The largest absolute Gasteiger partial charge is 2.00 e.